The highest BCUT2D eigenvalue weighted by atomic mass is 79.9. The van der Waals surface area contributed by atoms with E-state index in [1.54, 1.807) is 42.5 Å². The van der Waals surface area contributed by atoms with E-state index in [2.05, 4.69) is 42.5 Å². The van der Waals surface area contributed by atoms with E-state index in [0.29, 0.717) is 21.5 Å². The number of amides is 2. The number of anilines is 1. The van der Waals surface area contributed by atoms with Crippen LogP contribution >= 0.6 is 31.9 Å². The number of nitro groups is 1. The highest BCUT2D eigenvalue weighted by molar-refractivity contribution is 9.10. The molecule has 168 valence electrons. The van der Waals surface area contributed by atoms with Gasteiger partial charge >= 0.3 is 0 Å². The Balaban J connectivity index is 1.96. The van der Waals surface area contributed by atoms with E-state index in [1.807, 2.05) is 0 Å². The number of rotatable bonds is 7. The van der Waals surface area contributed by atoms with E-state index in [4.69, 9.17) is 4.74 Å². The second kappa shape index (κ2) is 10.9. The van der Waals surface area contributed by atoms with Crippen LogP contribution in [-0.2, 0) is 4.79 Å². The number of carbonyl (C=O) groups excluding carboxylic acids is 2. The van der Waals surface area contributed by atoms with Crippen LogP contribution in [0, 0.1) is 10.1 Å². The minimum absolute atomic E-state index is 0.0989. The number of non-ortho nitro benzene ring substituents is 1. The fourth-order valence-corrected chi connectivity index (χ4v) is 3.47. The van der Waals surface area contributed by atoms with Crippen molar-refractivity contribution in [3.63, 3.8) is 0 Å². The van der Waals surface area contributed by atoms with Gasteiger partial charge in [0, 0.05) is 26.8 Å². The van der Waals surface area contributed by atoms with E-state index in [0.717, 1.165) is 4.47 Å². The number of carbonyl (C=O) groups is 2. The molecule has 0 heterocycles. The third-order valence-corrected chi connectivity index (χ3v) is 5.63. The number of benzene rings is 3. The minimum atomic E-state index is -0.601. The summed E-state index contributed by atoms with van der Waals surface area (Å²) < 4.78 is 6.51. The summed E-state index contributed by atoms with van der Waals surface area (Å²) in [6.45, 7) is 0. The van der Waals surface area contributed by atoms with Gasteiger partial charge in [0.15, 0.2) is 0 Å². The average molecular weight is 575 g/mol. The van der Waals surface area contributed by atoms with Gasteiger partial charge in [-0.15, -0.1) is 0 Å². The first-order chi connectivity index (χ1) is 15.8. The first-order valence-corrected chi connectivity index (χ1v) is 11.0. The van der Waals surface area contributed by atoms with Crippen molar-refractivity contribution in [1.82, 2.24) is 5.32 Å². The molecule has 0 aliphatic rings. The molecule has 3 aromatic rings. The molecule has 0 spiro atoms. The van der Waals surface area contributed by atoms with Crippen LogP contribution in [0.15, 0.2) is 81.4 Å². The number of hydrogen-bond donors (Lipinski definition) is 2. The van der Waals surface area contributed by atoms with Crippen molar-refractivity contribution in [2.75, 3.05) is 12.4 Å². The van der Waals surface area contributed by atoms with E-state index in [-0.39, 0.29) is 16.9 Å². The van der Waals surface area contributed by atoms with Crippen molar-refractivity contribution in [2.45, 2.75) is 0 Å². The Morgan fingerprint density at radius 1 is 1.03 bits per heavy atom. The van der Waals surface area contributed by atoms with Crippen LogP contribution in [0.25, 0.3) is 6.08 Å². The number of nitrogens with zero attached hydrogens (tertiary/aromatic N) is 1. The average Bonchev–Trinajstić information content (AvgIpc) is 2.80. The van der Waals surface area contributed by atoms with Crippen LogP contribution in [0.2, 0.25) is 0 Å². The molecule has 10 heteroatoms. The summed E-state index contributed by atoms with van der Waals surface area (Å²) in [5.74, 6) is -0.702. The van der Waals surface area contributed by atoms with E-state index in [9.17, 15) is 19.7 Å². The fraction of sp³-hybridized carbons (Fsp3) is 0.0435. The molecule has 0 saturated heterocycles. The Labute approximate surface area is 206 Å². The molecule has 2 amide bonds. The number of hydrogen-bond acceptors (Lipinski definition) is 5. The van der Waals surface area contributed by atoms with Gasteiger partial charge in [0.2, 0.25) is 0 Å². The van der Waals surface area contributed by atoms with Gasteiger partial charge in [-0.05, 0) is 70.0 Å². The lowest BCUT2D eigenvalue weighted by molar-refractivity contribution is -0.384. The van der Waals surface area contributed by atoms with Crippen LogP contribution in [0.5, 0.6) is 5.75 Å². The molecule has 0 aliphatic carbocycles. The van der Waals surface area contributed by atoms with Gasteiger partial charge in [0.05, 0.1) is 17.6 Å². The maximum Gasteiger partial charge on any atom is 0.272 e. The lowest BCUT2D eigenvalue weighted by Crippen LogP contribution is -2.31. The smallest absolute Gasteiger partial charge is 0.272 e. The number of methoxy groups -OCH3 is 1. The summed E-state index contributed by atoms with van der Waals surface area (Å²) in [6, 6.07) is 17.5. The van der Waals surface area contributed by atoms with E-state index < -0.39 is 16.7 Å². The van der Waals surface area contributed by atoms with Crippen LogP contribution < -0.4 is 15.4 Å². The summed E-state index contributed by atoms with van der Waals surface area (Å²) in [5.41, 5.74) is 0.882. The van der Waals surface area contributed by atoms with Crippen molar-refractivity contribution in [3.05, 3.63) is 103 Å². The molecule has 3 aromatic carbocycles. The number of halogens is 2. The standard InChI is InChI=1S/C23H17Br2N3O5/c1-33-18-9-10-20(25)19(13-18)22(29)27-21(12-14-3-2-4-17(11-14)28(31)32)23(30)26-16-7-5-15(24)6-8-16/h2-13H,1H3,(H,26,30)(H,27,29)/b21-12-. The third-order valence-electron chi connectivity index (χ3n) is 4.41. The second-order valence-corrected chi connectivity index (χ2v) is 8.44. The summed E-state index contributed by atoms with van der Waals surface area (Å²) >= 11 is 6.65. The highest BCUT2D eigenvalue weighted by Gasteiger charge is 2.18. The Bertz CT molecular complexity index is 1240. The lowest BCUT2D eigenvalue weighted by atomic mass is 10.1. The fourth-order valence-electron chi connectivity index (χ4n) is 2.78. The zero-order valence-corrected chi connectivity index (χ0v) is 20.3. The molecule has 2 N–H and O–H groups in total. The zero-order chi connectivity index (χ0) is 24.0. The molecule has 8 nitrogen and oxygen atoms in total. The summed E-state index contributed by atoms with van der Waals surface area (Å²) in [7, 11) is 1.48. The Morgan fingerprint density at radius 3 is 2.42 bits per heavy atom. The Hall–Kier alpha value is -3.50. The monoisotopic (exact) mass is 573 g/mol. The topological polar surface area (TPSA) is 111 Å². The van der Waals surface area contributed by atoms with Crippen molar-refractivity contribution in [1.29, 1.82) is 0 Å². The predicted molar refractivity (Wildman–Crippen MR) is 132 cm³/mol. The molecule has 0 radical (unpaired) electrons. The van der Waals surface area contributed by atoms with E-state index >= 15 is 0 Å². The van der Waals surface area contributed by atoms with Crippen LogP contribution in [0.1, 0.15) is 15.9 Å². The lowest BCUT2D eigenvalue weighted by Gasteiger charge is -2.13. The summed E-state index contributed by atoms with van der Waals surface area (Å²) in [6.07, 6.45) is 1.37. The van der Waals surface area contributed by atoms with E-state index in [1.165, 1.54) is 37.5 Å². The van der Waals surface area contributed by atoms with Gasteiger partial charge in [-0.2, -0.15) is 0 Å². The number of ether oxygens (including phenoxy) is 1. The van der Waals surface area contributed by atoms with Gasteiger partial charge in [-0.3, -0.25) is 19.7 Å². The Kier molecular flexibility index (Phi) is 7.96. The maximum atomic E-state index is 13.0. The third kappa shape index (κ3) is 6.50. The molecular weight excluding hydrogens is 558 g/mol. The van der Waals surface area contributed by atoms with Gasteiger partial charge in [-0.1, -0.05) is 28.1 Å². The normalized spacial score (nSPS) is 10.9. The molecule has 3 rings (SSSR count). The van der Waals surface area contributed by atoms with Gasteiger partial charge < -0.3 is 15.4 Å². The van der Waals surface area contributed by atoms with Crippen molar-refractivity contribution >= 4 is 61.1 Å². The van der Waals surface area contributed by atoms with Crippen molar-refractivity contribution in [2.24, 2.45) is 0 Å². The molecule has 0 aromatic heterocycles. The SMILES string of the molecule is COc1ccc(Br)c(C(=O)N/C(=C\c2cccc([N+](=O)[O-])c2)C(=O)Nc2ccc(Br)cc2)c1. The van der Waals surface area contributed by atoms with Crippen molar-refractivity contribution < 1.29 is 19.2 Å². The molecule has 0 aliphatic heterocycles. The zero-order valence-electron chi connectivity index (χ0n) is 17.2. The second-order valence-electron chi connectivity index (χ2n) is 6.67. The number of nitrogens with one attached hydrogen (secondary N) is 2. The minimum Gasteiger partial charge on any atom is -0.497 e. The predicted octanol–water partition coefficient (Wildman–Crippen LogP) is 5.54. The summed E-state index contributed by atoms with van der Waals surface area (Å²) in [5, 5.41) is 16.4. The molecule has 33 heavy (non-hydrogen) atoms. The first kappa shape index (κ1) is 24.1. The summed E-state index contributed by atoms with van der Waals surface area (Å²) in [4.78, 5) is 36.6. The van der Waals surface area contributed by atoms with Gasteiger partial charge in [0.1, 0.15) is 11.4 Å². The van der Waals surface area contributed by atoms with Gasteiger partial charge in [0.25, 0.3) is 17.5 Å². The van der Waals surface area contributed by atoms with Crippen LogP contribution in [0.4, 0.5) is 11.4 Å². The largest absolute Gasteiger partial charge is 0.497 e. The number of nitro benzene ring substituents is 1. The van der Waals surface area contributed by atoms with Crippen LogP contribution in [0.3, 0.4) is 0 Å². The molecule has 0 fully saturated rings. The van der Waals surface area contributed by atoms with Gasteiger partial charge in [-0.25, -0.2) is 0 Å². The van der Waals surface area contributed by atoms with Crippen molar-refractivity contribution in [3.8, 4) is 5.75 Å². The highest BCUT2D eigenvalue weighted by Crippen LogP contribution is 2.23. The molecule has 0 bridgehead atoms. The molecule has 0 saturated carbocycles. The van der Waals surface area contributed by atoms with Crippen LogP contribution in [-0.4, -0.2) is 23.8 Å². The Morgan fingerprint density at radius 2 is 1.76 bits per heavy atom. The molecular formula is C23H17Br2N3O5. The first-order valence-electron chi connectivity index (χ1n) is 9.45. The molecule has 0 atom stereocenters. The maximum absolute atomic E-state index is 13.0. The quantitative estimate of drug-likeness (QED) is 0.219. The molecule has 0 unspecified atom stereocenters.